The van der Waals surface area contributed by atoms with Gasteiger partial charge >= 0.3 is 0 Å². The van der Waals surface area contributed by atoms with Gasteiger partial charge in [-0.15, -0.1) is 5.10 Å². The van der Waals surface area contributed by atoms with Crippen LogP contribution in [0.2, 0.25) is 0 Å². The number of fused-ring (bicyclic) bond motifs is 1. The van der Waals surface area contributed by atoms with Crippen LogP contribution in [0.4, 0.5) is 17.2 Å². The molecule has 0 radical (unpaired) electrons. The second kappa shape index (κ2) is 8.19. The minimum atomic E-state index is 0.104. The van der Waals surface area contributed by atoms with E-state index in [4.69, 9.17) is 11.5 Å². The fourth-order valence-electron chi connectivity index (χ4n) is 4.86. The molecule has 0 bridgehead atoms. The molecule has 5 N–H and O–H groups in total. The maximum absolute atomic E-state index is 12.6. The van der Waals surface area contributed by atoms with Crippen molar-refractivity contribution in [3.05, 3.63) is 47.8 Å². The Morgan fingerprint density at radius 1 is 1.06 bits per heavy atom. The summed E-state index contributed by atoms with van der Waals surface area (Å²) in [6, 6.07) is 7.92. The number of aromatic nitrogens is 3. The molecule has 8 heteroatoms. The standard InChI is InChI=1S/C23H29N7O/c24-17-7-3-15(4-8-17)19-20(22-26-11-14-30(22)28-21(19)25)27-18-9-5-16(6-10-18)23(31)29-12-1-2-13-29/h5-6,9-11,14-15,17,27H,1-4,7-8,12-13,24H2,(H2,25,28). The van der Waals surface area contributed by atoms with Crippen LogP contribution in [0.25, 0.3) is 5.65 Å². The van der Waals surface area contributed by atoms with E-state index in [9.17, 15) is 4.79 Å². The Balaban J connectivity index is 1.46. The van der Waals surface area contributed by atoms with Gasteiger partial charge in [-0.05, 0) is 68.7 Å². The molecule has 1 aliphatic heterocycles. The summed E-state index contributed by atoms with van der Waals surface area (Å²) in [5.41, 5.74) is 16.8. The number of amides is 1. The molecule has 1 aliphatic carbocycles. The summed E-state index contributed by atoms with van der Waals surface area (Å²) in [5.74, 6) is 0.925. The molecule has 3 aromatic rings. The minimum Gasteiger partial charge on any atom is -0.382 e. The predicted molar refractivity (Wildman–Crippen MR) is 121 cm³/mol. The van der Waals surface area contributed by atoms with Gasteiger partial charge in [-0.2, -0.15) is 0 Å². The summed E-state index contributed by atoms with van der Waals surface area (Å²) in [7, 11) is 0. The maximum atomic E-state index is 12.6. The van der Waals surface area contributed by atoms with Crippen LogP contribution in [-0.4, -0.2) is 44.5 Å². The molecule has 162 valence electrons. The van der Waals surface area contributed by atoms with E-state index in [0.717, 1.165) is 74.2 Å². The molecule has 31 heavy (non-hydrogen) atoms. The zero-order chi connectivity index (χ0) is 21.4. The Kier molecular flexibility index (Phi) is 5.23. The van der Waals surface area contributed by atoms with Gasteiger partial charge < -0.3 is 21.7 Å². The summed E-state index contributed by atoms with van der Waals surface area (Å²) in [6.07, 6.45) is 9.64. The average Bonchev–Trinajstić information content (AvgIpc) is 3.47. The first kappa shape index (κ1) is 19.8. The van der Waals surface area contributed by atoms with Gasteiger partial charge in [0.2, 0.25) is 0 Å². The molecule has 1 saturated heterocycles. The van der Waals surface area contributed by atoms with Crippen molar-refractivity contribution in [1.29, 1.82) is 0 Å². The molecule has 5 rings (SSSR count). The van der Waals surface area contributed by atoms with Gasteiger partial charge in [0.05, 0.1) is 5.69 Å². The summed E-state index contributed by atoms with van der Waals surface area (Å²) >= 11 is 0. The number of nitrogens with two attached hydrogens (primary N) is 2. The normalized spacial score (nSPS) is 21.5. The minimum absolute atomic E-state index is 0.104. The van der Waals surface area contributed by atoms with Gasteiger partial charge in [0.25, 0.3) is 5.91 Å². The van der Waals surface area contributed by atoms with Crippen molar-refractivity contribution in [3.8, 4) is 0 Å². The molecule has 2 aliphatic rings. The molecule has 2 fully saturated rings. The van der Waals surface area contributed by atoms with Crippen molar-refractivity contribution < 1.29 is 4.79 Å². The van der Waals surface area contributed by atoms with Crippen LogP contribution < -0.4 is 16.8 Å². The van der Waals surface area contributed by atoms with Gasteiger partial charge in [0, 0.05) is 48.3 Å². The molecule has 1 saturated carbocycles. The molecule has 0 atom stereocenters. The zero-order valence-corrected chi connectivity index (χ0v) is 17.6. The molecule has 3 heterocycles. The Labute approximate surface area is 181 Å². The highest BCUT2D eigenvalue weighted by molar-refractivity contribution is 5.95. The smallest absolute Gasteiger partial charge is 0.253 e. The third kappa shape index (κ3) is 3.83. The number of nitrogens with zero attached hydrogens (tertiary/aromatic N) is 4. The number of carbonyl (C=O) groups is 1. The highest BCUT2D eigenvalue weighted by Crippen LogP contribution is 2.41. The first-order valence-electron chi connectivity index (χ1n) is 11.1. The quantitative estimate of drug-likeness (QED) is 0.598. The van der Waals surface area contributed by atoms with Crippen molar-refractivity contribution in [2.24, 2.45) is 5.73 Å². The van der Waals surface area contributed by atoms with Gasteiger partial charge in [0.15, 0.2) is 5.65 Å². The summed E-state index contributed by atoms with van der Waals surface area (Å²) in [5, 5.41) is 8.05. The molecular weight excluding hydrogens is 390 g/mol. The number of hydrogen-bond acceptors (Lipinski definition) is 6. The third-order valence-electron chi connectivity index (χ3n) is 6.58. The fraction of sp³-hybridized carbons (Fsp3) is 0.435. The van der Waals surface area contributed by atoms with Crippen molar-refractivity contribution in [1.82, 2.24) is 19.5 Å². The Hall–Kier alpha value is -3.13. The van der Waals surface area contributed by atoms with Crippen LogP contribution in [0.1, 0.15) is 60.4 Å². The highest BCUT2D eigenvalue weighted by Gasteiger charge is 2.27. The van der Waals surface area contributed by atoms with E-state index in [0.29, 0.717) is 17.3 Å². The third-order valence-corrected chi connectivity index (χ3v) is 6.58. The van der Waals surface area contributed by atoms with Gasteiger partial charge in [-0.25, -0.2) is 9.50 Å². The molecule has 0 spiro atoms. The van der Waals surface area contributed by atoms with Crippen LogP contribution in [0.3, 0.4) is 0 Å². The van der Waals surface area contributed by atoms with Crippen molar-refractivity contribution in [2.45, 2.75) is 50.5 Å². The second-order valence-corrected chi connectivity index (χ2v) is 8.68. The van der Waals surface area contributed by atoms with Crippen LogP contribution in [0.15, 0.2) is 36.7 Å². The lowest BCUT2D eigenvalue weighted by molar-refractivity contribution is 0.0793. The number of anilines is 3. The summed E-state index contributed by atoms with van der Waals surface area (Å²) in [6.45, 7) is 1.70. The van der Waals surface area contributed by atoms with Gasteiger partial charge in [-0.1, -0.05) is 0 Å². The number of nitrogen functional groups attached to an aromatic ring is 1. The lowest BCUT2D eigenvalue weighted by Gasteiger charge is -2.28. The van der Waals surface area contributed by atoms with E-state index in [1.165, 1.54) is 0 Å². The second-order valence-electron chi connectivity index (χ2n) is 8.68. The zero-order valence-electron chi connectivity index (χ0n) is 17.6. The number of likely N-dealkylation sites (tertiary alicyclic amines) is 1. The van der Waals surface area contributed by atoms with E-state index in [-0.39, 0.29) is 11.9 Å². The van der Waals surface area contributed by atoms with Crippen molar-refractivity contribution in [2.75, 3.05) is 24.1 Å². The van der Waals surface area contributed by atoms with E-state index >= 15 is 0 Å². The molecule has 1 amide bonds. The summed E-state index contributed by atoms with van der Waals surface area (Å²) < 4.78 is 1.71. The van der Waals surface area contributed by atoms with Crippen LogP contribution in [0, 0.1) is 0 Å². The summed E-state index contributed by atoms with van der Waals surface area (Å²) in [4.78, 5) is 19.1. The van der Waals surface area contributed by atoms with E-state index in [1.807, 2.05) is 29.2 Å². The first-order chi connectivity index (χ1) is 15.1. The van der Waals surface area contributed by atoms with Crippen LogP contribution in [0.5, 0.6) is 0 Å². The Morgan fingerprint density at radius 2 is 1.77 bits per heavy atom. The van der Waals surface area contributed by atoms with E-state index in [1.54, 1.807) is 16.9 Å². The van der Waals surface area contributed by atoms with Crippen molar-refractivity contribution >= 4 is 28.7 Å². The first-order valence-corrected chi connectivity index (χ1v) is 11.1. The van der Waals surface area contributed by atoms with Crippen LogP contribution >= 0.6 is 0 Å². The largest absolute Gasteiger partial charge is 0.382 e. The average molecular weight is 420 g/mol. The number of imidazole rings is 1. The lowest BCUT2D eigenvalue weighted by atomic mass is 9.81. The number of rotatable bonds is 4. The fourth-order valence-corrected chi connectivity index (χ4v) is 4.86. The highest BCUT2D eigenvalue weighted by atomic mass is 16.2. The molecule has 1 aromatic carbocycles. The Bertz CT molecular complexity index is 1080. The Morgan fingerprint density at radius 3 is 2.48 bits per heavy atom. The van der Waals surface area contributed by atoms with Crippen LogP contribution in [-0.2, 0) is 0 Å². The lowest BCUT2D eigenvalue weighted by Crippen LogP contribution is -2.27. The monoisotopic (exact) mass is 419 g/mol. The van der Waals surface area contributed by atoms with E-state index < -0.39 is 0 Å². The maximum Gasteiger partial charge on any atom is 0.253 e. The van der Waals surface area contributed by atoms with E-state index in [2.05, 4.69) is 15.4 Å². The number of hydrogen-bond donors (Lipinski definition) is 3. The number of benzene rings is 1. The van der Waals surface area contributed by atoms with Crippen molar-refractivity contribution in [3.63, 3.8) is 0 Å². The van der Waals surface area contributed by atoms with Gasteiger partial charge in [0.1, 0.15) is 5.82 Å². The number of nitrogens with one attached hydrogen (secondary N) is 1. The molecule has 2 aromatic heterocycles. The number of carbonyl (C=O) groups excluding carboxylic acids is 1. The molecule has 0 unspecified atom stereocenters. The molecule has 8 nitrogen and oxygen atoms in total. The SMILES string of the molecule is Nc1nn2ccnc2c(Nc2ccc(C(=O)N3CCCC3)cc2)c1C1CCC(N)CC1. The predicted octanol–water partition coefficient (Wildman–Crippen LogP) is 3.28. The molecular formula is C23H29N7O. The van der Waals surface area contributed by atoms with Gasteiger partial charge in [-0.3, -0.25) is 4.79 Å². The topological polar surface area (TPSA) is 115 Å².